The second kappa shape index (κ2) is 12.9. The molecule has 1 aliphatic rings. The Bertz CT molecular complexity index is 1270. The molecule has 2 N–H and O–H groups in total. The number of benzene rings is 3. The van der Waals surface area contributed by atoms with E-state index in [0.29, 0.717) is 25.3 Å². The van der Waals surface area contributed by atoms with Gasteiger partial charge in [0.15, 0.2) is 11.9 Å². The molecule has 6 nitrogen and oxygen atoms in total. The summed E-state index contributed by atoms with van der Waals surface area (Å²) in [6.07, 6.45) is 1.89. The predicted octanol–water partition coefficient (Wildman–Crippen LogP) is 5.66. The fraction of sp³-hybridized carbons (Fsp3) is 0.290. The lowest BCUT2D eigenvalue weighted by Gasteiger charge is -2.12. The predicted molar refractivity (Wildman–Crippen MR) is 144 cm³/mol. The molecule has 0 amide bonds. The van der Waals surface area contributed by atoms with E-state index in [1.54, 1.807) is 0 Å². The summed E-state index contributed by atoms with van der Waals surface area (Å²) in [5, 5.41) is 20.0. The van der Waals surface area contributed by atoms with Crippen LogP contribution in [0.3, 0.4) is 0 Å². The summed E-state index contributed by atoms with van der Waals surface area (Å²) in [6, 6.07) is 26.1. The molecule has 37 heavy (non-hydrogen) atoms. The van der Waals surface area contributed by atoms with Crippen molar-refractivity contribution in [1.82, 2.24) is 0 Å². The molecule has 1 heterocycles. The summed E-state index contributed by atoms with van der Waals surface area (Å²) in [4.78, 5) is 17.2. The van der Waals surface area contributed by atoms with Crippen molar-refractivity contribution in [2.24, 2.45) is 4.99 Å². The van der Waals surface area contributed by atoms with E-state index in [9.17, 15) is 15.0 Å². The van der Waals surface area contributed by atoms with Crippen LogP contribution in [0.15, 0.2) is 95.2 Å². The Balaban J connectivity index is 1.42. The first-order valence-corrected chi connectivity index (χ1v) is 12.6. The number of rotatable bonds is 12. The van der Waals surface area contributed by atoms with Crippen LogP contribution in [0, 0.1) is 6.92 Å². The van der Waals surface area contributed by atoms with E-state index in [1.807, 2.05) is 79.7 Å². The number of aliphatic imine (C=N–C) groups is 1. The summed E-state index contributed by atoms with van der Waals surface area (Å²) in [5.41, 5.74) is 4.98. The van der Waals surface area contributed by atoms with Crippen molar-refractivity contribution in [3.8, 4) is 5.75 Å². The molecule has 1 atom stereocenters. The molecule has 6 heteroatoms. The summed E-state index contributed by atoms with van der Waals surface area (Å²) in [6.45, 7) is 2.45. The van der Waals surface area contributed by atoms with Crippen LogP contribution >= 0.6 is 0 Å². The third-order valence-electron chi connectivity index (χ3n) is 6.32. The number of carbonyl (C=O) groups excluding carboxylic acids is 1. The first kappa shape index (κ1) is 26.2. The second-order valence-electron chi connectivity index (χ2n) is 9.18. The van der Waals surface area contributed by atoms with E-state index in [2.05, 4.69) is 6.07 Å². The highest BCUT2D eigenvalue weighted by atomic mass is 16.6. The molecule has 1 aliphatic heterocycles. The van der Waals surface area contributed by atoms with Crippen LogP contribution in [0.4, 0.5) is 0 Å². The normalized spacial score (nSPS) is 15.7. The fourth-order valence-electron chi connectivity index (χ4n) is 4.37. The van der Waals surface area contributed by atoms with Crippen LogP contribution in [-0.4, -0.2) is 34.6 Å². The number of ether oxygens (including phenoxy) is 2. The molecular weight excluding hydrogens is 466 g/mol. The molecule has 0 saturated carbocycles. The van der Waals surface area contributed by atoms with Gasteiger partial charge < -0.3 is 19.7 Å². The topological polar surface area (TPSA) is 88.3 Å². The first-order chi connectivity index (χ1) is 18.0. The summed E-state index contributed by atoms with van der Waals surface area (Å²) in [7, 11) is 0. The van der Waals surface area contributed by atoms with Gasteiger partial charge in [0.05, 0.1) is 18.9 Å². The van der Waals surface area contributed by atoms with E-state index in [1.165, 1.54) is 0 Å². The molecule has 3 aromatic rings. The van der Waals surface area contributed by atoms with Crippen LogP contribution in [0.2, 0.25) is 0 Å². The highest BCUT2D eigenvalue weighted by molar-refractivity contribution is 6.21. The van der Waals surface area contributed by atoms with Crippen LogP contribution < -0.4 is 4.74 Å². The molecule has 0 aromatic heterocycles. The van der Waals surface area contributed by atoms with E-state index in [0.717, 1.165) is 47.3 Å². The molecule has 0 aliphatic carbocycles. The van der Waals surface area contributed by atoms with E-state index in [-0.39, 0.29) is 11.3 Å². The number of nitrogens with zero attached hydrogens (tertiary/aromatic N) is 1. The van der Waals surface area contributed by atoms with Crippen LogP contribution in [0.5, 0.6) is 5.75 Å². The maximum Gasteiger partial charge on any atom is 0.344 e. The maximum atomic E-state index is 12.5. The number of hydrogen-bond acceptors (Lipinski definition) is 6. The Hall–Kier alpha value is -3.90. The number of aryl methyl sites for hydroxylation is 2. The van der Waals surface area contributed by atoms with Crippen molar-refractivity contribution in [2.45, 2.75) is 51.9 Å². The first-order valence-electron chi connectivity index (χ1n) is 12.6. The second-order valence-corrected chi connectivity index (χ2v) is 9.18. The SMILES string of the molecule is Cc1cccc(CN=C(CCCCc2ccccc2OCc2ccccc2)C2=C(O)C(CO)OC2=O)c1. The van der Waals surface area contributed by atoms with Gasteiger partial charge in [-0.2, -0.15) is 0 Å². The monoisotopic (exact) mass is 499 g/mol. The zero-order chi connectivity index (χ0) is 26.0. The van der Waals surface area contributed by atoms with Gasteiger partial charge in [0.2, 0.25) is 0 Å². The van der Waals surface area contributed by atoms with Gasteiger partial charge in [0, 0.05) is 0 Å². The lowest BCUT2D eigenvalue weighted by atomic mass is 10.00. The highest BCUT2D eigenvalue weighted by Crippen LogP contribution is 2.26. The molecule has 0 saturated heterocycles. The van der Waals surface area contributed by atoms with Gasteiger partial charge >= 0.3 is 5.97 Å². The van der Waals surface area contributed by atoms with E-state index >= 15 is 0 Å². The fourth-order valence-corrected chi connectivity index (χ4v) is 4.37. The third kappa shape index (κ3) is 7.08. The molecule has 0 bridgehead atoms. The van der Waals surface area contributed by atoms with Gasteiger partial charge in [-0.25, -0.2) is 4.79 Å². The number of unbranched alkanes of at least 4 members (excludes halogenated alkanes) is 1. The minimum atomic E-state index is -1.03. The molecule has 0 fully saturated rings. The Labute approximate surface area is 217 Å². The molecule has 4 rings (SSSR count). The minimum Gasteiger partial charge on any atom is -0.507 e. The van der Waals surface area contributed by atoms with Crippen molar-refractivity contribution in [1.29, 1.82) is 0 Å². The van der Waals surface area contributed by atoms with Gasteiger partial charge in [0.25, 0.3) is 0 Å². The van der Waals surface area contributed by atoms with Gasteiger partial charge in [-0.05, 0) is 55.4 Å². The number of cyclic esters (lactones) is 1. The van der Waals surface area contributed by atoms with Crippen molar-refractivity contribution in [3.05, 3.63) is 112 Å². The number of carbonyl (C=O) groups is 1. The number of aliphatic hydroxyl groups is 2. The Morgan fingerprint density at radius 1 is 0.973 bits per heavy atom. The van der Waals surface area contributed by atoms with Gasteiger partial charge in [-0.15, -0.1) is 0 Å². The smallest absolute Gasteiger partial charge is 0.344 e. The molecule has 0 spiro atoms. The highest BCUT2D eigenvalue weighted by Gasteiger charge is 2.36. The molecular formula is C31H33NO5. The van der Waals surface area contributed by atoms with Gasteiger partial charge in [-0.1, -0.05) is 78.4 Å². The average molecular weight is 500 g/mol. The average Bonchev–Trinajstić information content (AvgIpc) is 3.21. The summed E-state index contributed by atoms with van der Waals surface area (Å²) in [5.74, 6) is -0.0143. The van der Waals surface area contributed by atoms with Gasteiger partial charge in [0.1, 0.15) is 17.9 Å². The zero-order valence-electron chi connectivity index (χ0n) is 21.1. The third-order valence-corrected chi connectivity index (χ3v) is 6.32. The lowest BCUT2D eigenvalue weighted by Crippen LogP contribution is -2.15. The summed E-state index contributed by atoms with van der Waals surface area (Å²) < 4.78 is 11.2. The lowest BCUT2D eigenvalue weighted by molar-refractivity contribution is -0.141. The quantitative estimate of drug-likeness (QED) is 0.191. The zero-order valence-corrected chi connectivity index (χ0v) is 21.1. The van der Waals surface area contributed by atoms with E-state index in [4.69, 9.17) is 14.5 Å². The molecule has 192 valence electrons. The number of aliphatic hydroxyl groups excluding tert-OH is 2. The Morgan fingerprint density at radius 2 is 1.73 bits per heavy atom. The van der Waals surface area contributed by atoms with Crippen molar-refractivity contribution < 1.29 is 24.5 Å². The number of hydrogen-bond donors (Lipinski definition) is 2. The van der Waals surface area contributed by atoms with Crippen LogP contribution in [0.25, 0.3) is 0 Å². The van der Waals surface area contributed by atoms with Gasteiger partial charge in [-0.3, -0.25) is 4.99 Å². The van der Waals surface area contributed by atoms with Crippen LogP contribution in [0.1, 0.15) is 41.5 Å². The van der Waals surface area contributed by atoms with E-state index < -0.39 is 18.7 Å². The maximum absolute atomic E-state index is 12.5. The number of esters is 1. The minimum absolute atomic E-state index is 0.0818. The summed E-state index contributed by atoms with van der Waals surface area (Å²) >= 11 is 0. The van der Waals surface area contributed by atoms with Crippen molar-refractivity contribution in [2.75, 3.05) is 6.61 Å². The van der Waals surface area contributed by atoms with Crippen molar-refractivity contribution in [3.63, 3.8) is 0 Å². The molecule has 3 aromatic carbocycles. The van der Waals surface area contributed by atoms with Crippen LogP contribution in [-0.2, 0) is 29.1 Å². The Morgan fingerprint density at radius 3 is 2.49 bits per heavy atom. The largest absolute Gasteiger partial charge is 0.507 e. The standard InChI is InChI=1S/C31H33NO5/c1-22-10-9-13-24(18-22)19-32-26(29-30(34)28(20-33)37-31(29)35)16-7-5-14-25-15-6-8-17-27(25)36-21-23-11-3-2-4-12-23/h2-4,6,8-13,15,17-18,28,33-34H,5,7,14,16,19-21H2,1H3. The molecule has 0 radical (unpaired) electrons. The molecule has 1 unspecified atom stereocenters. The van der Waals surface area contributed by atoms with Crippen molar-refractivity contribution >= 4 is 11.7 Å². The number of para-hydroxylation sites is 1. The Kier molecular flexibility index (Phi) is 9.11.